The Morgan fingerprint density at radius 1 is 1.47 bits per heavy atom. The third-order valence-electron chi connectivity index (χ3n) is 2.33. The zero-order valence-electron chi connectivity index (χ0n) is 9.79. The van der Waals surface area contributed by atoms with Crippen LogP contribution in [0.1, 0.15) is 32.4 Å². The van der Waals surface area contributed by atoms with E-state index < -0.39 is 0 Å². The van der Waals surface area contributed by atoms with E-state index in [9.17, 15) is 0 Å². The molecular formula is C12H20N2O. The monoisotopic (exact) mass is 208 g/mol. The second-order valence-electron chi connectivity index (χ2n) is 4.04. The largest absolute Gasteiger partial charge is 0.489 e. The van der Waals surface area contributed by atoms with Crippen LogP contribution >= 0.6 is 0 Å². The quantitative estimate of drug-likeness (QED) is 0.809. The molecule has 84 valence electrons. The molecule has 0 saturated heterocycles. The number of hydrogen-bond acceptors (Lipinski definition) is 3. The van der Waals surface area contributed by atoms with E-state index in [1.54, 1.807) is 0 Å². The summed E-state index contributed by atoms with van der Waals surface area (Å²) >= 11 is 0. The van der Waals surface area contributed by atoms with Gasteiger partial charge in [-0.1, -0.05) is 20.3 Å². The Labute approximate surface area is 91.7 Å². The van der Waals surface area contributed by atoms with E-state index in [2.05, 4.69) is 18.8 Å². The molecule has 0 aliphatic heterocycles. The maximum absolute atomic E-state index is 5.75. The Kier molecular flexibility index (Phi) is 4.40. The molecule has 3 heteroatoms. The van der Waals surface area contributed by atoms with Gasteiger partial charge in [0.05, 0.1) is 6.61 Å². The topological polar surface area (TPSA) is 48.1 Å². The van der Waals surface area contributed by atoms with E-state index in [1.807, 2.05) is 19.1 Å². The number of pyridine rings is 1. The van der Waals surface area contributed by atoms with Crippen molar-refractivity contribution in [2.75, 3.05) is 12.3 Å². The van der Waals surface area contributed by atoms with E-state index in [4.69, 9.17) is 10.5 Å². The summed E-state index contributed by atoms with van der Waals surface area (Å²) in [7, 11) is 0. The first kappa shape index (κ1) is 11.8. The van der Waals surface area contributed by atoms with Crippen molar-refractivity contribution in [3.8, 4) is 5.75 Å². The van der Waals surface area contributed by atoms with Gasteiger partial charge >= 0.3 is 0 Å². The fraction of sp³-hybridized carbons (Fsp3) is 0.583. The summed E-state index contributed by atoms with van der Waals surface area (Å²) in [5.74, 6) is 1.75. The van der Waals surface area contributed by atoms with Crippen molar-refractivity contribution in [1.82, 2.24) is 4.98 Å². The number of nitrogens with zero attached hydrogens (tertiary/aromatic N) is 1. The highest BCUT2D eigenvalue weighted by molar-refractivity contribution is 5.46. The summed E-state index contributed by atoms with van der Waals surface area (Å²) in [4.78, 5) is 4.15. The number of hydrogen-bond donors (Lipinski definition) is 1. The van der Waals surface area contributed by atoms with Crippen LogP contribution in [0.4, 0.5) is 5.82 Å². The average molecular weight is 208 g/mol. The minimum atomic E-state index is 0.485. The lowest BCUT2D eigenvalue weighted by Crippen LogP contribution is -2.09. The Hall–Kier alpha value is -1.25. The van der Waals surface area contributed by atoms with Crippen LogP contribution in [0.25, 0.3) is 0 Å². The number of rotatable bonds is 5. The first-order chi connectivity index (χ1) is 7.13. The van der Waals surface area contributed by atoms with Gasteiger partial charge < -0.3 is 10.5 Å². The minimum absolute atomic E-state index is 0.485. The average Bonchev–Trinajstić information content (AvgIpc) is 2.17. The molecule has 1 heterocycles. The molecule has 2 N–H and O–H groups in total. The lowest BCUT2D eigenvalue weighted by atomic mass is 10.1. The zero-order chi connectivity index (χ0) is 11.3. The molecule has 1 aromatic rings. The van der Waals surface area contributed by atoms with Crippen LogP contribution in [0.5, 0.6) is 5.75 Å². The molecule has 1 unspecified atom stereocenters. The van der Waals surface area contributed by atoms with Gasteiger partial charge in [-0.05, 0) is 31.4 Å². The van der Waals surface area contributed by atoms with E-state index >= 15 is 0 Å². The van der Waals surface area contributed by atoms with Crippen LogP contribution in [0.3, 0.4) is 0 Å². The predicted molar refractivity (Wildman–Crippen MR) is 63.0 cm³/mol. The lowest BCUT2D eigenvalue weighted by molar-refractivity contribution is 0.252. The molecule has 0 spiro atoms. The van der Waals surface area contributed by atoms with Crippen LogP contribution in [0, 0.1) is 12.8 Å². The maximum Gasteiger partial charge on any atom is 0.166 e. The molecule has 1 aromatic heterocycles. The van der Waals surface area contributed by atoms with Gasteiger partial charge in [0.25, 0.3) is 0 Å². The van der Waals surface area contributed by atoms with Crippen LogP contribution < -0.4 is 10.5 Å². The van der Waals surface area contributed by atoms with Gasteiger partial charge in [-0.2, -0.15) is 0 Å². The van der Waals surface area contributed by atoms with Crippen molar-refractivity contribution < 1.29 is 4.74 Å². The first-order valence-corrected chi connectivity index (χ1v) is 5.49. The summed E-state index contributed by atoms with van der Waals surface area (Å²) in [5, 5.41) is 0. The molecule has 0 saturated carbocycles. The van der Waals surface area contributed by atoms with Crippen LogP contribution in [-0.4, -0.2) is 11.6 Å². The van der Waals surface area contributed by atoms with Crippen molar-refractivity contribution in [3.63, 3.8) is 0 Å². The lowest BCUT2D eigenvalue weighted by Gasteiger charge is -2.13. The van der Waals surface area contributed by atoms with Gasteiger partial charge in [0.15, 0.2) is 11.6 Å². The van der Waals surface area contributed by atoms with Gasteiger partial charge in [-0.25, -0.2) is 4.98 Å². The number of nitrogen functional groups attached to an aromatic ring is 1. The number of aryl methyl sites for hydroxylation is 1. The summed E-state index contributed by atoms with van der Waals surface area (Å²) in [6.45, 7) is 6.99. The fourth-order valence-electron chi connectivity index (χ4n) is 1.49. The second kappa shape index (κ2) is 5.59. The highest BCUT2D eigenvalue weighted by Gasteiger charge is 2.05. The molecule has 0 amide bonds. The van der Waals surface area contributed by atoms with Gasteiger partial charge in [0.2, 0.25) is 0 Å². The molecule has 0 aromatic carbocycles. The summed E-state index contributed by atoms with van der Waals surface area (Å²) in [6.07, 6.45) is 2.37. The molecule has 0 bridgehead atoms. The van der Waals surface area contributed by atoms with Gasteiger partial charge in [-0.15, -0.1) is 0 Å². The number of anilines is 1. The predicted octanol–water partition coefficient (Wildman–Crippen LogP) is 2.79. The molecule has 3 nitrogen and oxygen atoms in total. The molecule has 0 aliphatic carbocycles. The van der Waals surface area contributed by atoms with E-state index in [0.29, 0.717) is 24.1 Å². The fourth-order valence-corrected chi connectivity index (χ4v) is 1.49. The third kappa shape index (κ3) is 3.78. The van der Waals surface area contributed by atoms with Crippen molar-refractivity contribution in [2.24, 2.45) is 5.92 Å². The molecule has 0 aliphatic rings. The van der Waals surface area contributed by atoms with Crippen molar-refractivity contribution >= 4 is 5.82 Å². The van der Waals surface area contributed by atoms with E-state index in [1.165, 1.54) is 12.8 Å². The normalized spacial score (nSPS) is 12.5. The Bertz CT molecular complexity index is 312. The van der Waals surface area contributed by atoms with Gasteiger partial charge in [0, 0.05) is 5.69 Å². The van der Waals surface area contributed by atoms with E-state index in [0.717, 1.165) is 5.69 Å². The molecule has 0 fully saturated rings. The molecule has 1 rings (SSSR count). The Balaban J connectivity index is 2.50. The smallest absolute Gasteiger partial charge is 0.166 e. The van der Waals surface area contributed by atoms with E-state index in [-0.39, 0.29) is 0 Å². The van der Waals surface area contributed by atoms with Crippen molar-refractivity contribution in [3.05, 3.63) is 17.8 Å². The van der Waals surface area contributed by atoms with Crippen LogP contribution in [0.2, 0.25) is 0 Å². The molecule has 15 heavy (non-hydrogen) atoms. The van der Waals surface area contributed by atoms with Crippen LogP contribution in [0.15, 0.2) is 12.1 Å². The molecular weight excluding hydrogens is 188 g/mol. The van der Waals surface area contributed by atoms with Crippen LogP contribution in [-0.2, 0) is 0 Å². The Morgan fingerprint density at radius 3 is 2.80 bits per heavy atom. The van der Waals surface area contributed by atoms with Crippen molar-refractivity contribution in [1.29, 1.82) is 0 Å². The zero-order valence-corrected chi connectivity index (χ0v) is 9.79. The SMILES string of the molecule is CCCC(C)COc1ccc(C)nc1N. The maximum atomic E-state index is 5.75. The summed E-state index contributed by atoms with van der Waals surface area (Å²) in [5.41, 5.74) is 6.66. The minimum Gasteiger partial charge on any atom is -0.489 e. The molecule has 0 radical (unpaired) electrons. The summed E-state index contributed by atoms with van der Waals surface area (Å²) < 4.78 is 5.62. The number of ether oxygens (including phenoxy) is 1. The third-order valence-corrected chi connectivity index (χ3v) is 2.33. The highest BCUT2D eigenvalue weighted by Crippen LogP contribution is 2.20. The summed E-state index contributed by atoms with van der Waals surface area (Å²) in [6, 6.07) is 3.80. The Morgan fingerprint density at radius 2 is 2.20 bits per heavy atom. The molecule has 1 atom stereocenters. The van der Waals surface area contributed by atoms with Gasteiger partial charge in [0.1, 0.15) is 0 Å². The second-order valence-corrected chi connectivity index (χ2v) is 4.04. The highest BCUT2D eigenvalue weighted by atomic mass is 16.5. The van der Waals surface area contributed by atoms with Crippen molar-refractivity contribution in [2.45, 2.75) is 33.6 Å². The van der Waals surface area contributed by atoms with Gasteiger partial charge in [-0.3, -0.25) is 0 Å². The standard InChI is InChI=1S/C12H20N2O/c1-4-5-9(2)8-15-11-7-6-10(3)14-12(11)13/h6-7,9H,4-5,8H2,1-3H3,(H2,13,14). The number of aromatic nitrogens is 1. The number of nitrogens with two attached hydrogens (primary N) is 1. The first-order valence-electron chi connectivity index (χ1n) is 5.49.